The first-order valence-corrected chi connectivity index (χ1v) is 9.21. The average molecular weight is 390 g/mol. The van der Waals surface area contributed by atoms with Gasteiger partial charge in [0, 0.05) is 25.7 Å². The van der Waals surface area contributed by atoms with Crippen LogP contribution in [0, 0.1) is 0 Å². The molecule has 4 rings (SSSR count). The predicted molar refractivity (Wildman–Crippen MR) is 102 cm³/mol. The average Bonchev–Trinajstić information content (AvgIpc) is 3.03. The highest BCUT2D eigenvalue weighted by atomic mass is 35.5. The van der Waals surface area contributed by atoms with Crippen molar-refractivity contribution in [2.24, 2.45) is 0 Å². The fourth-order valence-corrected chi connectivity index (χ4v) is 3.44. The number of imidazole rings is 1. The molecule has 5 nitrogen and oxygen atoms in total. The SMILES string of the molecule is O=C1c2nc3ccccc3n2CCN1CCCOc1ccc(Cl)c(Cl)c1. The normalized spacial score (nSPS) is 13.9. The molecule has 1 aliphatic rings. The van der Waals surface area contributed by atoms with Crippen LogP contribution in [0.4, 0.5) is 0 Å². The molecule has 0 aliphatic carbocycles. The first kappa shape index (κ1) is 17.2. The number of aromatic nitrogens is 2. The highest BCUT2D eigenvalue weighted by Gasteiger charge is 2.27. The van der Waals surface area contributed by atoms with Crippen LogP contribution in [0.15, 0.2) is 42.5 Å². The summed E-state index contributed by atoms with van der Waals surface area (Å²) in [5, 5.41) is 0.968. The fraction of sp³-hybridized carbons (Fsp3) is 0.263. The molecule has 0 radical (unpaired) electrons. The summed E-state index contributed by atoms with van der Waals surface area (Å²) in [5.41, 5.74) is 1.87. The zero-order chi connectivity index (χ0) is 18.1. The van der Waals surface area contributed by atoms with Crippen molar-refractivity contribution in [3.63, 3.8) is 0 Å². The van der Waals surface area contributed by atoms with Crippen molar-refractivity contribution in [2.45, 2.75) is 13.0 Å². The van der Waals surface area contributed by atoms with Crippen LogP contribution in [0.5, 0.6) is 5.75 Å². The van der Waals surface area contributed by atoms with E-state index in [0.717, 1.165) is 24.0 Å². The molecule has 1 aromatic heterocycles. The van der Waals surface area contributed by atoms with Gasteiger partial charge in [-0.2, -0.15) is 0 Å². The lowest BCUT2D eigenvalue weighted by molar-refractivity contribution is 0.0689. The van der Waals surface area contributed by atoms with Crippen molar-refractivity contribution >= 4 is 40.1 Å². The Hall–Kier alpha value is -2.24. The summed E-state index contributed by atoms with van der Waals surface area (Å²) in [4.78, 5) is 19.0. The van der Waals surface area contributed by atoms with Gasteiger partial charge in [0.2, 0.25) is 0 Å². The van der Waals surface area contributed by atoms with Gasteiger partial charge >= 0.3 is 0 Å². The van der Waals surface area contributed by atoms with Gasteiger partial charge in [0.25, 0.3) is 5.91 Å². The Morgan fingerprint density at radius 1 is 1.08 bits per heavy atom. The number of halogens is 2. The minimum atomic E-state index is -0.0259. The third-order valence-corrected chi connectivity index (χ3v) is 5.20. The van der Waals surface area contributed by atoms with E-state index in [-0.39, 0.29) is 5.91 Å². The summed E-state index contributed by atoms with van der Waals surface area (Å²) < 4.78 is 7.68. The molecule has 1 amide bonds. The van der Waals surface area contributed by atoms with Gasteiger partial charge in [-0.3, -0.25) is 4.79 Å². The Balaban J connectivity index is 1.36. The van der Waals surface area contributed by atoms with E-state index in [0.29, 0.717) is 41.3 Å². The van der Waals surface area contributed by atoms with E-state index in [1.165, 1.54) is 0 Å². The Morgan fingerprint density at radius 2 is 1.92 bits per heavy atom. The summed E-state index contributed by atoms with van der Waals surface area (Å²) in [7, 11) is 0. The van der Waals surface area contributed by atoms with Crippen LogP contribution in [-0.4, -0.2) is 40.1 Å². The number of ether oxygens (including phenoxy) is 1. The van der Waals surface area contributed by atoms with Gasteiger partial charge in [0.15, 0.2) is 5.82 Å². The smallest absolute Gasteiger partial charge is 0.289 e. The van der Waals surface area contributed by atoms with E-state index in [1.807, 2.05) is 33.7 Å². The van der Waals surface area contributed by atoms with Gasteiger partial charge in [-0.15, -0.1) is 0 Å². The molecule has 3 aromatic rings. The topological polar surface area (TPSA) is 47.4 Å². The molecular weight excluding hydrogens is 373 g/mol. The molecule has 0 atom stereocenters. The second kappa shape index (κ2) is 7.17. The van der Waals surface area contributed by atoms with Crippen molar-refractivity contribution in [2.75, 3.05) is 19.7 Å². The van der Waals surface area contributed by atoms with E-state index in [1.54, 1.807) is 18.2 Å². The molecular formula is C19H17Cl2N3O2. The number of carbonyl (C=O) groups is 1. The Morgan fingerprint density at radius 3 is 2.77 bits per heavy atom. The molecule has 0 fully saturated rings. The highest BCUT2D eigenvalue weighted by molar-refractivity contribution is 6.42. The number of hydrogen-bond donors (Lipinski definition) is 0. The van der Waals surface area contributed by atoms with Crippen molar-refractivity contribution in [1.29, 1.82) is 0 Å². The number of fused-ring (bicyclic) bond motifs is 3. The molecule has 2 heterocycles. The second-order valence-electron chi connectivity index (χ2n) is 6.15. The summed E-state index contributed by atoms with van der Waals surface area (Å²) in [6, 6.07) is 13.0. The maximum Gasteiger partial charge on any atom is 0.289 e. The third kappa shape index (κ3) is 3.24. The number of carbonyl (C=O) groups excluding carboxylic acids is 1. The maximum atomic E-state index is 12.7. The van der Waals surface area contributed by atoms with Crippen molar-refractivity contribution in [3.8, 4) is 5.75 Å². The Kier molecular flexibility index (Phi) is 4.74. The zero-order valence-corrected chi connectivity index (χ0v) is 15.5. The summed E-state index contributed by atoms with van der Waals surface area (Å²) >= 11 is 11.9. The summed E-state index contributed by atoms with van der Waals surface area (Å²) in [6.07, 6.45) is 0.728. The van der Waals surface area contributed by atoms with Crippen molar-refractivity contribution < 1.29 is 9.53 Å². The maximum absolute atomic E-state index is 12.7. The van der Waals surface area contributed by atoms with Crippen molar-refractivity contribution in [3.05, 3.63) is 58.3 Å². The van der Waals surface area contributed by atoms with Gasteiger partial charge in [0.1, 0.15) is 5.75 Å². The second-order valence-corrected chi connectivity index (χ2v) is 6.96. The number of hydrogen-bond acceptors (Lipinski definition) is 3. The molecule has 1 aliphatic heterocycles. The first-order chi connectivity index (χ1) is 12.6. The number of rotatable bonds is 5. The third-order valence-electron chi connectivity index (χ3n) is 4.46. The monoisotopic (exact) mass is 389 g/mol. The van der Waals surface area contributed by atoms with Crippen LogP contribution in [0.1, 0.15) is 17.0 Å². The number of para-hydroxylation sites is 2. The number of amides is 1. The molecule has 134 valence electrons. The number of nitrogens with zero attached hydrogens (tertiary/aromatic N) is 3. The van der Waals surface area contributed by atoms with Gasteiger partial charge in [-0.25, -0.2) is 4.98 Å². The molecule has 7 heteroatoms. The zero-order valence-electron chi connectivity index (χ0n) is 14.0. The molecule has 0 bridgehead atoms. The lowest BCUT2D eigenvalue weighted by Crippen LogP contribution is -2.41. The van der Waals surface area contributed by atoms with Crippen LogP contribution in [0.25, 0.3) is 11.0 Å². The van der Waals surface area contributed by atoms with E-state index in [9.17, 15) is 4.79 Å². The van der Waals surface area contributed by atoms with Gasteiger partial charge < -0.3 is 14.2 Å². The van der Waals surface area contributed by atoms with E-state index < -0.39 is 0 Å². The molecule has 0 N–H and O–H groups in total. The fourth-order valence-electron chi connectivity index (χ4n) is 3.15. The minimum absolute atomic E-state index is 0.0259. The van der Waals surface area contributed by atoms with E-state index in [4.69, 9.17) is 27.9 Å². The molecule has 2 aromatic carbocycles. The first-order valence-electron chi connectivity index (χ1n) is 8.46. The van der Waals surface area contributed by atoms with Crippen LogP contribution in [0.2, 0.25) is 10.0 Å². The van der Waals surface area contributed by atoms with E-state index >= 15 is 0 Å². The van der Waals surface area contributed by atoms with Crippen LogP contribution < -0.4 is 4.74 Å². The number of benzene rings is 2. The van der Waals surface area contributed by atoms with Gasteiger partial charge in [0.05, 0.1) is 27.7 Å². The quantitative estimate of drug-likeness (QED) is 0.612. The molecule has 0 unspecified atom stereocenters. The summed E-state index contributed by atoms with van der Waals surface area (Å²) in [5.74, 6) is 1.16. The van der Waals surface area contributed by atoms with Crippen LogP contribution >= 0.6 is 23.2 Å². The molecule has 0 saturated heterocycles. The van der Waals surface area contributed by atoms with Gasteiger partial charge in [-0.05, 0) is 30.7 Å². The standard InChI is InChI=1S/C19H17Cl2N3O2/c20-14-7-6-13(12-15(14)21)26-11-3-8-23-9-10-24-17-5-2-1-4-16(17)22-18(24)19(23)25/h1-2,4-7,12H,3,8-11H2. The van der Waals surface area contributed by atoms with Crippen LogP contribution in [-0.2, 0) is 6.54 Å². The highest BCUT2D eigenvalue weighted by Crippen LogP contribution is 2.26. The minimum Gasteiger partial charge on any atom is -0.493 e. The summed E-state index contributed by atoms with van der Waals surface area (Å²) in [6.45, 7) is 2.57. The Bertz CT molecular complexity index is 971. The lowest BCUT2D eigenvalue weighted by Gasteiger charge is -2.27. The molecule has 0 saturated carbocycles. The van der Waals surface area contributed by atoms with Crippen LogP contribution in [0.3, 0.4) is 0 Å². The Labute approximate surface area is 161 Å². The van der Waals surface area contributed by atoms with Gasteiger partial charge in [-0.1, -0.05) is 35.3 Å². The molecule has 0 spiro atoms. The largest absolute Gasteiger partial charge is 0.493 e. The lowest BCUT2D eigenvalue weighted by atomic mass is 10.3. The van der Waals surface area contributed by atoms with E-state index in [2.05, 4.69) is 4.98 Å². The predicted octanol–water partition coefficient (Wildman–Crippen LogP) is 4.27. The van der Waals surface area contributed by atoms with Crippen molar-refractivity contribution in [1.82, 2.24) is 14.5 Å². The molecule has 26 heavy (non-hydrogen) atoms.